The summed E-state index contributed by atoms with van der Waals surface area (Å²) >= 11 is 4.15. The smallest absolute Gasteiger partial charge is 0.0593 e. The molecule has 0 bridgehead atoms. The molecule has 0 aromatic carbocycles. The number of hydrogen-bond acceptors (Lipinski definition) is 3. The largest absolute Gasteiger partial charge is 0.379 e. The van der Waals surface area contributed by atoms with Gasteiger partial charge in [0, 0.05) is 24.9 Å². The molecule has 0 aromatic rings. The van der Waals surface area contributed by atoms with Gasteiger partial charge in [0.15, 0.2) is 0 Å². The Hall–Kier alpha value is 0.270. The van der Waals surface area contributed by atoms with Crippen molar-refractivity contribution in [3.8, 4) is 0 Å². The van der Waals surface area contributed by atoms with E-state index in [4.69, 9.17) is 4.74 Å². The topological polar surface area (TPSA) is 12.5 Å². The molecule has 0 N–H and O–H groups in total. The van der Waals surface area contributed by atoms with Crippen molar-refractivity contribution >= 4 is 12.6 Å². The zero-order valence-corrected chi connectivity index (χ0v) is 11.7. The first-order valence-electron chi connectivity index (χ1n) is 6.66. The van der Waals surface area contributed by atoms with Crippen molar-refractivity contribution in [2.24, 2.45) is 5.92 Å². The van der Waals surface area contributed by atoms with Gasteiger partial charge in [-0.2, -0.15) is 12.6 Å². The van der Waals surface area contributed by atoms with Gasteiger partial charge in [-0.05, 0) is 18.8 Å². The van der Waals surface area contributed by atoms with Crippen LogP contribution in [-0.2, 0) is 4.74 Å². The highest BCUT2D eigenvalue weighted by molar-refractivity contribution is 7.80. The Morgan fingerprint density at radius 3 is 2.50 bits per heavy atom. The van der Waals surface area contributed by atoms with Crippen LogP contribution in [0.15, 0.2) is 0 Å². The molecule has 1 fully saturated rings. The Morgan fingerprint density at radius 2 is 1.94 bits per heavy atom. The highest BCUT2D eigenvalue weighted by Gasteiger charge is 2.22. The van der Waals surface area contributed by atoms with Crippen LogP contribution in [0, 0.1) is 5.92 Å². The Morgan fingerprint density at radius 1 is 1.25 bits per heavy atom. The summed E-state index contributed by atoms with van der Waals surface area (Å²) in [5.41, 5.74) is 0. The second-order valence-electron chi connectivity index (χ2n) is 5.16. The van der Waals surface area contributed by atoms with Crippen LogP contribution in [-0.4, -0.2) is 43.0 Å². The zero-order chi connectivity index (χ0) is 11.8. The predicted octanol–water partition coefficient (Wildman–Crippen LogP) is 2.83. The molecule has 0 heterocycles. The summed E-state index contributed by atoms with van der Waals surface area (Å²) in [4.78, 5) is 2.64. The highest BCUT2D eigenvalue weighted by Crippen LogP contribution is 2.23. The number of nitrogens with zero attached hydrogens (tertiary/aromatic N) is 1. The quantitative estimate of drug-likeness (QED) is 0.521. The van der Waals surface area contributed by atoms with E-state index in [0.29, 0.717) is 0 Å². The number of rotatable bonds is 8. The maximum Gasteiger partial charge on any atom is 0.0593 e. The first kappa shape index (κ1) is 14.3. The van der Waals surface area contributed by atoms with E-state index in [2.05, 4.69) is 31.4 Å². The van der Waals surface area contributed by atoms with Crippen molar-refractivity contribution in [3.63, 3.8) is 0 Å². The van der Waals surface area contributed by atoms with Crippen LogP contribution in [0.5, 0.6) is 0 Å². The van der Waals surface area contributed by atoms with Gasteiger partial charge >= 0.3 is 0 Å². The molecule has 1 aliphatic rings. The lowest BCUT2D eigenvalue weighted by Gasteiger charge is -2.30. The van der Waals surface area contributed by atoms with Crippen LogP contribution < -0.4 is 0 Å². The van der Waals surface area contributed by atoms with Gasteiger partial charge in [-0.3, -0.25) is 4.90 Å². The summed E-state index contributed by atoms with van der Waals surface area (Å²) in [7, 11) is 0. The molecule has 0 amide bonds. The zero-order valence-electron chi connectivity index (χ0n) is 10.8. The highest BCUT2D eigenvalue weighted by atomic mass is 32.1. The molecule has 0 saturated heterocycles. The molecular weight excluding hydrogens is 218 g/mol. The Labute approximate surface area is 106 Å². The van der Waals surface area contributed by atoms with Crippen LogP contribution in [0.4, 0.5) is 0 Å². The minimum Gasteiger partial charge on any atom is -0.379 e. The van der Waals surface area contributed by atoms with Crippen molar-refractivity contribution in [2.45, 2.75) is 45.6 Å². The van der Waals surface area contributed by atoms with E-state index in [1.807, 2.05) is 0 Å². The van der Waals surface area contributed by atoms with E-state index in [1.165, 1.54) is 32.2 Å². The van der Waals surface area contributed by atoms with E-state index in [-0.39, 0.29) is 0 Å². The predicted molar refractivity (Wildman–Crippen MR) is 73.3 cm³/mol. The molecule has 1 rings (SSSR count). The lowest BCUT2D eigenvalue weighted by atomic mass is 10.1. The molecule has 0 spiro atoms. The van der Waals surface area contributed by atoms with Gasteiger partial charge in [0.05, 0.1) is 13.2 Å². The minimum absolute atomic E-state index is 0.755. The molecule has 96 valence electrons. The van der Waals surface area contributed by atoms with E-state index in [1.54, 1.807) is 0 Å². The molecule has 0 aliphatic heterocycles. The molecule has 2 nitrogen and oxygen atoms in total. The summed E-state index contributed by atoms with van der Waals surface area (Å²) in [6, 6.07) is 0.821. The second kappa shape index (κ2) is 8.37. The van der Waals surface area contributed by atoms with Crippen LogP contribution >= 0.6 is 12.6 Å². The number of thiol groups is 1. The SMILES string of the molecule is CC(C)CN(CCOCCS)C1CCCC1. The average Bonchev–Trinajstić information content (AvgIpc) is 2.75. The molecule has 0 atom stereocenters. The lowest BCUT2D eigenvalue weighted by molar-refractivity contribution is 0.0896. The molecule has 1 aliphatic carbocycles. The lowest BCUT2D eigenvalue weighted by Crippen LogP contribution is -2.38. The third kappa shape index (κ3) is 5.55. The minimum atomic E-state index is 0.755. The number of ether oxygens (including phenoxy) is 1. The van der Waals surface area contributed by atoms with E-state index < -0.39 is 0 Å². The van der Waals surface area contributed by atoms with Gasteiger partial charge in [0.1, 0.15) is 0 Å². The Bertz CT molecular complexity index is 169. The third-order valence-corrected chi connectivity index (χ3v) is 3.38. The van der Waals surface area contributed by atoms with Crippen molar-refractivity contribution in [3.05, 3.63) is 0 Å². The van der Waals surface area contributed by atoms with Gasteiger partial charge in [-0.25, -0.2) is 0 Å². The van der Waals surface area contributed by atoms with Crippen LogP contribution in [0.3, 0.4) is 0 Å². The summed E-state index contributed by atoms with van der Waals surface area (Å²) in [5, 5.41) is 0. The fraction of sp³-hybridized carbons (Fsp3) is 1.00. The third-order valence-electron chi connectivity index (χ3n) is 3.20. The second-order valence-corrected chi connectivity index (χ2v) is 5.61. The Kier molecular flexibility index (Phi) is 7.50. The van der Waals surface area contributed by atoms with Gasteiger partial charge in [-0.15, -0.1) is 0 Å². The van der Waals surface area contributed by atoms with Gasteiger partial charge in [0.25, 0.3) is 0 Å². The molecule has 16 heavy (non-hydrogen) atoms. The number of hydrogen-bond donors (Lipinski definition) is 1. The monoisotopic (exact) mass is 245 g/mol. The average molecular weight is 245 g/mol. The van der Waals surface area contributed by atoms with E-state index in [0.717, 1.165) is 37.5 Å². The summed E-state index contributed by atoms with van der Waals surface area (Å²) in [5.74, 6) is 1.58. The van der Waals surface area contributed by atoms with Crippen molar-refractivity contribution < 1.29 is 4.74 Å². The Balaban J connectivity index is 2.25. The summed E-state index contributed by atoms with van der Waals surface area (Å²) in [6.07, 6.45) is 5.60. The summed E-state index contributed by atoms with van der Waals surface area (Å²) in [6.45, 7) is 8.56. The molecule has 0 unspecified atom stereocenters. The normalized spacial score (nSPS) is 17.8. The summed E-state index contributed by atoms with van der Waals surface area (Å²) < 4.78 is 5.54. The fourth-order valence-corrected chi connectivity index (χ4v) is 2.64. The van der Waals surface area contributed by atoms with Gasteiger partial charge in [0.2, 0.25) is 0 Å². The molecule has 0 aromatic heterocycles. The van der Waals surface area contributed by atoms with Crippen LogP contribution in [0.2, 0.25) is 0 Å². The molecule has 0 radical (unpaired) electrons. The van der Waals surface area contributed by atoms with Crippen molar-refractivity contribution in [1.82, 2.24) is 4.90 Å². The van der Waals surface area contributed by atoms with Crippen LogP contribution in [0.1, 0.15) is 39.5 Å². The standard InChI is InChI=1S/C13H27NOS/c1-12(2)11-14(7-8-15-9-10-16)13-5-3-4-6-13/h12-13,16H,3-11H2,1-2H3. The van der Waals surface area contributed by atoms with Crippen molar-refractivity contribution in [2.75, 3.05) is 32.1 Å². The maximum atomic E-state index is 5.54. The van der Waals surface area contributed by atoms with E-state index in [9.17, 15) is 0 Å². The molecule has 1 saturated carbocycles. The van der Waals surface area contributed by atoms with E-state index >= 15 is 0 Å². The molecule has 3 heteroatoms. The maximum absolute atomic E-state index is 5.54. The van der Waals surface area contributed by atoms with Crippen molar-refractivity contribution in [1.29, 1.82) is 0 Å². The van der Waals surface area contributed by atoms with Gasteiger partial charge < -0.3 is 4.74 Å². The van der Waals surface area contributed by atoms with Gasteiger partial charge in [-0.1, -0.05) is 26.7 Å². The fourth-order valence-electron chi connectivity index (χ4n) is 2.51. The molecular formula is C13H27NOS. The first-order chi connectivity index (χ1) is 7.74. The first-order valence-corrected chi connectivity index (χ1v) is 7.30. The van der Waals surface area contributed by atoms with Crippen LogP contribution in [0.25, 0.3) is 0 Å².